The van der Waals surface area contributed by atoms with Crippen molar-refractivity contribution in [2.75, 3.05) is 20.6 Å². The van der Waals surface area contributed by atoms with Crippen LogP contribution in [-0.2, 0) is 27.9 Å². The lowest BCUT2D eigenvalue weighted by molar-refractivity contribution is -0.136. The van der Waals surface area contributed by atoms with Gasteiger partial charge in [-0.05, 0) is 44.9 Å². The number of hydrogen-bond donors (Lipinski definition) is 0. The lowest BCUT2D eigenvalue weighted by Crippen LogP contribution is -2.46. The molecule has 1 aromatic carbocycles. The molecule has 0 saturated carbocycles. The van der Waals surface area contributed by atoms with E-state index in [4.69, 9.17) is 4.74 Å². The predicted octanol–water partition coefficient (Wildman–Crippen LogP) is 4.94. The van der Waals surface area contributed by atoms with Gasteiger partial charge in [0.2, 0.25) is 0 Å². The molecular formula is C20H27BrF3N3O4S. The number of carbonyl (C=O) groups is 1. The van der Waals surface area contributed by atoms with Crippen molar-refractivity contribution in [2.45, 2.75) is 51.9 Å². The molecule has 180 valence electrons. The lowest BCUT2D eigenvalue weighted by atomic mass is 10.1. The van der Waals surface area contributed by atoms with Crippen molar-refractivity contribution >= 4 is 43.1 Å². The number of amides is 1. The van der Waals surface area contributed by atoms with Crippen LogP contribution in [0.4, 0.5) is 18.0 Å². The summed E-state index contributed by atoms with van der Waals surface area (Å²) in [6.45, 7) is 4.36. The van der Waals surface area contributed by atoms with Crippen LogP contribution < -0.4 is 0 Å². The third kappa shape index (κ3) is 6.85. The highest BCUT2D eigenvalue weighted by Crippen LogP contribution is 2.28. The number of halogens is 4. The van der Waals surface area contributed by atoms with E-state index in [0.29, 0.717) is 25.2 Å². The lowest BCUT2D eigenvalue weighted by Gasteiger charge is -2.28. The third-order valence-corrected chi connectivity index (χ3v) is 6.79. The summed E-state index contributed by atoms with van der Waals surface area (Å²) < 4.78 is 72.7. The molecule has 0 N–H and O–H groups in total. The van der Waals surface area contributed by atoms with E-state index in [1.54, 1.807) is 45.2 Å². The molecule has 1 heterocycles. The van der Waals surface area contributed by atoms with Gasteiger partial charge in [-0.25, -0.2) is 4.79 Å². The van der Waals surface area contributed by atoms with Crippen LogP contribution in [0.1, 0.15) is 32.8 Å². The molecule has 0 aliphatic rings. The summed E-state index contributed by atoms with van der Waals surface area (Å²) in [5.74, 6) is 0. The van der Waals surface area contributed by atoms with Crippen LogP contribution in [0.25, 0.3) is 10.9 Å². The van der Waals surface area contributed by atoms with Gasteiger partial charge in [0, 0.05) is 48.8 Å². The Kier molecular flexibility index (Phi) is 7.94. The van der Waals surface area contributed by atoms with E-state index in [1.807, 2.05) is 0 Å². The fraction of sp³-hybridized carbons (Fsp3) is 0.550. The molecule has 0 fully saturated rings. The van der Waals surface area contributed by atoms with Gasteiger partial charge in [-0.3, -0.25) is 0 Å². The maximum absolute atomic E-state index is 12.8. The van der Waals surface area contributed by atoms with Gasteiger partial charge < -0.3 is 9.30 Å². The number of carbonyl (C=O) groups excluding carboxylic acids is 1. The smallest absolute Gasteiger partial charge is 0.425 e. The maximum atomic E-state index is 12.8. The number of ether oxygens (including phenoxy) is 1. The van der Waals surface area contributed by atoms with Crippen molar-refractivity contribution in [1.82, 2.24) is 13.2 Å². The second kappa shape index (κ2) is 9.60. The first-order valence-corrected chi connectivity index (χ1v) is 12.0. The monoisotopic (exact) mass is 541 g/mol. The summed E-state index contributed by atoms with van der Waals surface area (Å²) in [6.07, 6.45) is -4.66. The minimum absolute atomic E-state index is 0.101. The zero-order chi connectivity index (χ0) is 24.5. The zero-order valence-electron chi connectivity index (χ0n) is 18.5. The van der Waals surface area contributed by atoms with Gasteiger partial charge in [0.05, 0.1) is 6.42 Å². The van der Waals surface area contributed by atoms with Crippen molar-refractivity contribution in [2.24, 2.45) is 0 Å². The van der Waals surface area contributed by atoms with Crippen molar-refractivity contribution in [3.8, 4) is 0 Å². The van der Waals surface area contributed by atoms with E-state index >= 15 is 0 Å². The molecule has 0 unspecified atom stereocenters. The van der Waals surface area contributed by atoms with Crippen molar-refractivity contribution in [1.29, 1.82) is 0 Å². The van der Waals surface area contributed by atoms with E-state index in [1.165, 1.54) is 18.7 Å². The van der Waals surface area contributed by atoms with E-state index in [-0.39, 0.29) is 19.5 Å². The zero-order valence-corrected chi connectivity index (χ0v) is 20.9. The molecule has 2 rings (SSSR count). The average Bonchev–Trinajstić information content (AvgIpc) is 2.94. The number of aryl methyl sites for hydroxylation is 1. The number of rotatable bonds is 7. The molecular weight excluding hydrogens is 515 g/mol. The third-order valence-electron chi connectivity index (χ3n) is 4.48. The second-order valence-electron chi connectivity index (χ2n) is 8.47. The minimum atomic E-state index is -4.31. The van der Waals surface area contributed by atoms with E-state index in [9.17, 15) is 26.4 Å². The van der Waals surface area contributed by atoms with Crippen LogP contribution in [0.3, 0.4) is 0 Å². The summed E-state index contributed by atoms with van der Waals surface area (Å²) in [6, 6.07) is 5.20. The molecule has 0 bridgehead atoms. The SMILES string of the molecule is CN(C)S(=O)(=O)N(CCc1cn(CCC(F)(F)F)c2cc(Br)ccc12)C(=O)OC(C)(C)C. The standard InChI is InChI=1S/C20H27BrF3N3O4S/c1-19(2,3)31-18(28)27(32(29,30)25(4)5)10-8-14-13-26(11-9-20(22,23)24)17-12-15(21)6-7-16(14)17/h6-7,12-13H,8-11H2,1-5H3. The Morgan fingerprint density at radius 1 is 1.19 bits per heavy atom. The number of hydrogen-bond acceptors (Lipinski definition) is 4. The first kappa shape index (κ1) is 26.5. The second-order valence-corrected chi connectivity index (χ2v) is 11.4. The Morgan fingerprint density at radius 2 is 1.81 bits per heavy atom. The minimum Gasteiger partial charge on any atom is -0.443 e. The Bertz CT molecular complexity index is 1080. The first-order valence-electron chi connectivity index (χ1n) is 9.78. The van der Waals surface area contributed by atoms with Crippen molar-refractivity contribution in [3.63, 3.8) is 0 Å². The molecule has 12 heteroatoms. The van der Waals surface area contributed by atoms with Crippen LogP contribution in [0.5, 0.6) is 0 Å². The highest BCUT2D eigenvalue weighted by atomic mass is 79.9. The van der Waals surface area contributed by atoms with E-state index < -0.39 is 34.5 Å². The highest BCUT2D eigenvalue weighted by Gasteiger charge is 2.33. The van der Waals surface area contributed by atoms with E-state index in [0.717, 1.165) is 4.31 Å². The Labute approximate surface area is 194 Å². The average molecular weight is 542 g/mol. The molecule has 2 aromatic rings. The van der Waals surface area contributed by atoms with Gasteiger partial charge in [0.1, 0.15) is 5.60 Å². The molecule has 0 aliphatic carbocycles. The Morgan fingerprint density at radius 3 is 2.34 bits per heavy atom. The molecule has 0 spiro atoms. The summed E-state index contributed by atoms with van der Waals surface area (Å²) >= 11 is 3.33. The number of benzene rings is 1. The summed E-state index contributed by atoms with van der Waals surface area (Å²) in [7, 11) is -1.54. The fourth-order valence-electron chi connectivity index (χ4n) is 3.01. The van der Waals surface area contributed by atoms with Crippen LogP contribution in [-0.4, -0.2) is 60.1 Å². The summed E-state index contributed by atoms with van der Waals surface area (Å²) in [5.41, 5.74) is 0.298. The molecule has 1 amide bonds. The Balaban J connectivity index is 2.38. The normalized spacial score (nSPS) is 13.1. The molecule has 32 heavy (non-hydrogen) atoms. The van der Waals surface area contributed by atoms with Crippen LogP contribution >= 0.6 is 15.9 Å². The van der Waals surface area contributed by atoms with Crippen molar-refractivity contribution < 1.29 is 31.1 Å². The predicted molar refractivity (Wildman–Crippen MR) is 120 cm³/mol. The largest absolute Gasteiger partial charge is 0.443 e. The summed E-state index contributed by atoms with van der Waals surface area (Å²) in [4.78, 5) is 12.6. The fourth-order valence-corrected chi connectivity index (χ4v) is 4.30. The molecule has 0 aliphatic heterocycles. The topological polar surface area (TPSA) is 71.9 Å². The molecule has 7 nitrogen and oxygen atoms in total. The molecule has 0 saturated heterocycles. The Hall–Kier alpha value is -1.79. The highest BCUT2D eigenvalue weighted by molar-refractivity contribution is 9.10. The molecule has 0 radical (unpaired) electrons. The first-order chi connectivity index (χ1) is 14.5. The molecule has 1 aromatic heterocycles. The van der Waals surface area contributed by atoms with Crippen LogP contribution in [0.2, 0.25) is 0 Å². The number of nitrogens with zero attached hydrogens (tertiary/aromatic N) is 3. The van der Waals surface area contributed by atoms with Gasteiger partial charge in [-0.2, -0.15) is 30.2 Å². The van der Waals surface area contributed by atoms with Gasteiger partial charge >= 0.3 is 22.5 Å². The van der Waals surface area contributed by atoms with E-state index in [2.05, 4.69) is 15.9 Å². The van der Waals surface area contributed by atoms with Crippen LogP contribution in [0.15, 0.2) is 28.9 Å². The molecule has 0 atom stereocenters. The van der Waals surface area contributed by atoms with Gasteiger partial charge in [0.25, 0.3) is 0 Å². The van der Waals surface area contributed by atoms with Gasteiger partial charge in [-0.1, -0.05) is 22.0 Å². The van der Waals surface area contributed by atoms with Gasteiger partial charge in [0.15, 0.2) is 0 Å². The number of alkyl halides is 3. The van der Waals surface area contributed by atoms with Gasteiger partial charge in [-0.15, -0.1) is 0 Å². The maximum Gasteiger partial charge on any atom is 0.425 e. The summed E-state index contributed by atoms with van der Waals surface area (Å²) in [5, 5.41) is 0.682. The number of fused-ring (bicyclic) bond motifs is 1. The van der Waals surface area contributed by atoms with Crippen molar-refractivity contribution in [3.05, 3.63) is 34.4 Å². The number of aromatic nitrogens is 1. The van der Waals surface area contributed by atoms with Crippen LogP contribution in [0, 0.1) is 0 Å². The quantitative estimate of drug-likeness (QED) is 0.497.